The first-order valence-electron chi connectivity index (χ1n) is 9.54. The first kappa shape index (κ1) is 21.7. The van der Waals surface area contributed by atoms with E-state index in [2.05, 4.69) is 76.1 Å². The molecule has 4 nitrogen and oxygen atoms in total. The lowest BCUT2D eigenvalue weighted by Crippen LogP contribution is -2.50. The van der Waals surface area contributed by atoms with Crippen LogP contribution in [-0.4, -0.2) is 61.6 Å². The molecule has 0 bridgehead atoms. The number of halogens is 1. The van der Waals surface area contributed by atoms with Crippen molar-refractivity contribution in [2.75, 3.05) is 50.4 Å². The average Bonchev–Trinajstić information content (AvgIpc) is 3.12. The fourth-order valence-corrected chi connectivity index (χ4v) is 5.01. The highest BCUT2D eigenvalue weighted by Gasteiger charge is 2.26. The van der Waals surface area contributed by atoms with Crippen LogP contribution in [0, 0.1) is 11.8 Å². The maximum Gasteiger partial charge on any atom is 0.193 e. The molecule has 2 saturated heterocycles. The van der Waals surface area contributed by atoms with Gasteiger partial charge in [0.15, 0.2) is 5.96 Å². The zero-order valence-electron chi connectivity index (χ0n) is 16.2. The molecule has 0 saturated carbocycles. The highest BCUT2D eigenvalue weighted by atomic mass is 127. The van der Waals surface area contributed by atoms with Gasteiger partial charge in [0.2, 0.25) is 0 Å². The molecule has 0 aliphatic carbocycles. The van der Waals surface area contributed by atoms with Gasteiger partial charge in [-0.15, -0.1) is 24.0 Å². The van der Waals surface area contributed by atoms with Crippen LogP contribution in [0.4, 0.5) is 5.69 Å². The molecule has 1 N–H and O–H groups in total. The molecule has 0 amide bonds. The van der Waals surface area contributed by atoms with Crippen LogP contribution in [0.5, 0.6) is 0 Å². The number of anilines is 1. The van der Waals surface area contributed by atoms with E-state index in [0.29, 0.717) is 11.2 Å². The monoisotopic (exact) mass is 488 g/mol. The number of para-hydroxylation sites is 1. The molecule has 2 atom stereocenters. The Morgan fingerprint density at radius 3 is 2.69 bits per heavy atom. The molecule has 2 unspecified atom stereocenters. The van der Waals surface area contributed by atoms with Crippen LogP contribution >= 0.6 is 35.7 Å². The Hall–Kier alpha value is -0.630. The molecule has 1 aromatic carbocycles. The topological polar surface area (TPSA) is 30.9 Å². The maximum absolute atomic E-state index is 4.55. The summed E-state index contributed by atoms with van der Waals surface area (Å²) in [6.07, 6.45) is 1.25. The zero-order chi connectivity index (χ0) is 17.6. The van der Waals surface area contributed by atoms with E-state index in [1.165, 1.54) is 17.9 Å². The van der Waals surface area contributed by atoms with Gasteiger partial charge >= 0.3 is 0 Å². The third-order valence-corrected chi connectivity index (χ3v) is 6.84. The van der Waals surface area contributed by atoms with Crippen LogP contribution in [-0.2, 0) is 0 Å². The summed E-state index contributed by atoms with van der Waals surface area (Å²) < 4.78 is 0. The molecule has 3 rings (SSSR count). The number of aliphatic imine (C=N–C) groups is 1. The Labute approximate surface area is 180 Å². The smallest absolute Gasteiger partial charge is 0.193 e. The molecule has 26 heavy (non-hydrogen) atoms. The molecule has 146 valence electrons. The predicted molar refractivity (Wildman–Crippen MR) is 126 cm³/mol. The summed E-state index contributed by atoms with van der Waals surface area (Å²) in [4.78, 5) is 9.50. The second kappa shape index (κ2) is 10.6. The average molecular weight is 488 g/mol. The van der Waals surface area contributed by atoms with Crippen molar-refractivity contribution in [2.24, 2.45) is 16.8 Å². The van der Waals surface area contributed by atoms with Crippen LogP contribution in [0.15, 0.2) is 35.3 Å². The Bertz CT molecular complexity index is 566. The Morgan fingerprint density at radius 1 is 1.23 bits per heavy atom. The SMILES string of the molecule is CN=C(NCC1CCN(c2ccccc2)C1)N1CCSC(C(C)C)C1.I. The lowest BCUT2D eigenvalue weighted by molar-refractivity contribution is 0.377. The maximum atomic E-state index is 4.55. The van der Waals surface area contributed by atoms with Gasteiger partial charge in [-0.2, -0.15) is 11.8 Å². The lowest BCUT2D eigenvalue weighted by Gasteiger charge is -2.36. The standard InChI is InChI=1S/C20H32N4S.HI/c1-16(2)19-15-24(11-12-25-19)20(21-3)22-13-17-9-10-23(14-17)18-7-5-4-6-8-18;/h4-8,16-17,19H,9-15H2,1-3H3,(H,21,22);1H. The predicted octanol–water partition coefficient (Wildman–Crippen LogP) is 3.78. The molecule has 0 radical (unpaired) electrons. The molecule has 0 aromatic heterocycles. The summed E-state index contributed by atoms with van der Waals surface area (Å²) >= 11 is 2.11. The minimum absolute atomic E-state index is 0. The lowest BCUT2D eigenvalue weighted by atomic mass is 10.1. The van der Waals surface area contributed by atoms with E-state index in [0.717, 1.165) is 44.6 Å². The number of guanidine groups is 1. The van der Waals surface area contributed by atoms with E-state index in [1.807, 2.05) is 7.05 Å². The van der Waals surface area contributed by atoms with Gasteiger partial charge in [-0.05, 0) is 30.4 Å². The normalized spacial score (nSPS) is 23.9. The van der Waals surface area contributed by atoms with Gasteiger partial charge in [0.25, 0.3) is 0 Å². The minimum atomic E-state index is 0. The van der Waals surface area contributed by atoms with E-state index in [9.17, 15) is 0 Å². The quantitative estimate of drug-likeness (QED) is 0.397. The summed E-state index contributed by atoms with van der Waals surface area (Å²) in [7, 11) is 1.92. The molecular weight excluding hydrogens is 455 g/mol. The Kier molecular flexibility index (Phi) is 8.87. The molecule has 2 heterocycles. The summed E-state index contributed by atoms with van der Waals surface area (Å²) in [6.45, 7) is 10.2. The highest BCUT2D eigenvalue weighted by molar-refractivity contribution is 14.0. The number of nitrogens with zero attached hydrogens (tertiary/aromatic N) is 3. The third kappa shape index (κ3) is 5.68. The molecule has 2 aliphatic rings. The molecule has 6 heteroatoms. The van der Waals surface area contributed by atoms with Crippen LogP contribution < -0.4 is 10.2 Å². The molecule has 2 fully saturated rings. The molecule has 0 spiro atoms. The number of nitrogens with one attached hydrogen (secondary N) is 1. The number of hydrogen-bond donors (Lipinski definition) is 1. The van der Waals surface area contributed by atoms with E-state index in [1.54, 1.807) is 0 Å². The third-order valence-electron chi connectivity index (χ3n) is 5.30. The van der Waals surface area contributed by atoms with Crippen molar-refractivity contribution < 1.29 is 0 Å². The van der Waals surface area contributed by atoms with Crippen molar-refractivity contribution in [1.29, 1.82) is 0 Å². The van der Waals surface area contributed by atoms with Gasteiger partial charge in [0, 0.05) is 56.5 Å². The second-order valence-corrected chi connectivity index (χ2v) is 8.81. The fraction of sp³-hybridized carbons (Fsp3) is 0.650. The summed E-state index contributed by atoms with van der Waals surface area (Å²) in [5.74, 6) is 3.70. The van der Waals surface area contributed by atoms with Crippen LogP contribution in [0.2, 0.25) is 0 Å². The van der Waals surface area contributed by atoms with Crippen LogP contribution in [0.3, 0.4) is 0 Å². The summed E-state index contributed by atoms with van der Waals surface area (Å²) in [6, 6.07) is 10.8. The van der Waals surface area contributed by atoms with Crippen molar-refractivity contribution >= 4 is 47.4 Å². The minimum Gasteiger partial charge on any atom is -0.371 e. The second-order valence-electron chi connectivity index (χ2n) is 7.46. The fourth-order valence-electron chi connectivity index (χ4n) is 3.71. The van der Waals surface area contributed by atoms with E-state index >= 15 is 0 Å². The number of benzene rings is 1. The largest absolute Gasteiger partial charge is 0.371 e. The van der Waals surface area contributed by atoms with E-state index < -0.39 is 0 Å². The van der Waals surface area contributed by atoms with Gasteiger partial charge in [-0.1, -0.05) is 32.0 Å². The molecule has 1 aromatic rings. The van der Waals surface area contributed by atoms with Crippen molar-refractivity contribution in [3.63, 3.8) is 0 Å². The van der Waals surface area contributed by atoms with Gasteiger partial charge in [0.1, 0.15) is 0 Å². The Balaban J connectivity index is 0.00000243. The van der Waals surface area contributed by atoms with Gasteiger partial charge in [-0.3, -0.25) is 4.99 Å². The summed E-state index contributed by atoms with van der Waals surface area (Å²) in [5.41, 5.74) is 1.35. The van der Waals surface area contributed by atoms with Gasteiger partial charge in [0.05, 0.1) is 0 Å². The van der Waals surface area contributed by atoms with Crippen molar-refractivity contribution in [1.82, 2.24) is 10.2 Å². The number of thioether (sulfide) groups is 1. The van der Waals surface area contributed by atoms with Gasteiger partial charge < -0.3 is 15.1 Å². The van der Waals surface area contributed by atoms with Crippen molar-refractivity contribution in [3.05, 3.63) is 30.3 Å². The van der Waals surface area contributed by atoms with E-state index in [-0.39, 0.29) is 24.0 Å². The van der Waals surface area contributed by atoms with Crippen LogP contribution in [0.1, 0.15) is 20.3 Å². The zero-order valence-corrected chi connectivity index (χ0v) is 19.4. The van der Waals surface area contributed by atoms with Gasteiger partial charge in [-0.25, -0.2) is 0 Å². The van der Waals surface area contributed by atoms with Crippen LogP contribution in [0.25, 0.3) is 0 Å². The highest BCUT2D eigenvalue weighted by Crippen LogP contribution is 2.25. The molecular formula is C20H33IN4S. The van der Waals surface area contributed by atoms with Crippen molar-refractivity contribution in [3.8, 4) is 0 Å². The van der Waals surface area contributed by atoms with E-state index in [4.69, 9.17) is 0 Å². The first-order chi connectivity index (χ1) is 12.2. The van der Waals surface area contributed by atoms with Crippen molar-refractivity contribution in [2.45, 2.75) is 25.5 Å². The first-order valence-corrected chi connectivity index (χ1v) is 10.6. The molecule has 2 aliphatic heterocycles. The Morgan fingerprint density at radius 2 is 2.00 bits per heavy atom. The number of rotatable bonds is 4. The number of hydrogen-bond acceptors (Lipinski definition) is 3. The summed E-state index contributed by atoms with van der Waals surface area (Å²) in [5, 5.41) is 4.37.